The minimum absolute atomic E-state index is 0.426. The smallest absolute Gasteiger partial charge is 0.0683 e. The van der Waals surface area contributed by atoms with Gasteiger partial charge >= 0.3 is 0 Å². The minimum atomic E-state index is -0.460. The maximum Gasteiger partial charge on any atom is 0.0683 e. The van der Waals surface area contributed by atoms with Crippen molar-refractivity contribution in [1.82, 2.24) is 0 Å². The van der Waals surface area contributed by atoms with Gasteiger partial charge in [-0.25, -0.2) is 0 Å². The van der Waals surface area contributed by atoms with E-state index in [0.29, 0.717) is 0 Å². The van der Waals surface area contributed by atoms with Crippen molar-refractivity contribution in [2.75, 3.05) is 4.90 Å². The van der Waals surface area contributed by atoms with E-state index in [4.69, 9.17) is 0 Å². The van der Waals surface area contributed by atoms with E-state index in [1.54, 1.807) is 0 Å². The SMILES string of the molecule is Cc1ccc(N(c2ccc(-c3ccccc3)cc2)c2ccc3c(c2)C2(C4=C3C=CCC4)c3ccccc3C(C3=CC=CCC3)(c3ccccc3)c3ccccc32)cc1. The molecule has 0 unspecified atom stereocenters. The third-order valence-electron chi connectivity index (χ3n) is 13.3. The van der Waals surface area contributed by atoms with E-state index in [9.17, 15) is 0 Å². The predicted octanol–water partition coefficient (Wildman–Crippen LogP) is 14.5. The molecule has 11 rings (SSSR count). The molecule has 7 aromatic carbocycles. The molecule has 0 saturated heterocycles. The van der Waals surface area contributed by atoms with Crippen LogP contribution in [0, 0.1) is 6.92 Å². The second-order valence-electron chi connectivity index (χ2n) is 16.3. The largest absolute Gasteiger partial charge is 0.310 e. The van der Waals surface area contributed by atoms with Crippen LogP contribution >= 0.6 is 0 Å². The fourth-order valence-corrected chi connectivity index (χ4v) is 10.9. The number of hydrogen-bond donors (Lipinski definition) is 0. The number of rotatable bonds is 6. The zero-order valence-corrected chi connectivity index (χ0v) is 32.9. The van der Waals surface area contributed by atoms with E-state index in [0.717, 1.165) is 42.7 Å². The first-order valence-electron chi connectivity index (χ1n) is 20.9. The highest BCUT2D eigenvalue weighted by Crippen LogP contribution is 2.66. The summed E-state index contributed by atoms with van der Waals surface area (Å²) in [6, 6.07) is 66.3. The zero-order valence-electron chi connectivity index (χ0n) is 32.9. The van der Waals surface area contributed by atoms with Gasteiger partial charge in [0.1, 0.15) is 0 Å². The summed E-state index contributed by atoms with van der Waals surface area (Å²) in [6.45, 7) is 2.17. The summed E-state index contributed by atoms with van der Waals surface area (Å²) in [4.78, 5) is 2.45. The third-order valence-corrected chi connectivity index (χ3v) is 13.3. The Morgan fingerprint density at radius 3 is 1.66 bits per heavy atom. The lowest BCUT2D eigenvalue weighted by Crippen LogP contribution is -2.45. The number of fused-ring (bicyclic) bond motifs is 8. The van der Waals surface area contributed by atoms with Crippen molar-refractivity contribution < 1.29 is 0 Å². The molecule has 0 bridgehead atoms. The lowest BCUT2D eigenvalue weighted by molar-refractivity contribution is 0.578. The number of anilines is 3. The first-order chi connectivity index (χ1) is 28.7. The van der Waals surface area contributed by atoms with E-state index in [1.807, 2.05) is 0 Å². The second kappa shape index (κ2) is 13.7. The Hall–Kier alpha value is -6.70. The molecule has 0 atom stereocenters. The number of aryl methyl sites for hydroxylation is 1. The van der Waals surface area contributed by atoms with Gasteiger partial charge < -0.3 is 4.90 Å². The molecule has 0 saturated carbocycles. The Kier molecular flexibility index (Phi) is 8.19. The Bertz CT molecular complexity index is 2770. The zero-order chi connectivity index (χ0) is 38.7. The Labute approximate surface area is 342 Å². The molecular weight excluding hydrogens is 699 g/mol. The molecule has 4 aliphatic carbocycles. The molecule has 0 fully saturated rings. The number of allylic oxidation sites excluding steroid dienone is 8. The summed E-state index contributed by atoms with van der Waals surface area (Å²) in [5, 5.41) is 0. The van der Waals surface area contributed by atoms with Gasteiger partial charge in [-0.1, -0.05) is 181 Å². The fourth-order valence-electron chi connectivity index (χ4n) is 10.9. The molecule has 0 radical (unpaired) electrons. The highest BCUT2D eigenvalue weighted by Gasteiger charge is 2.57. The summed E-state index contributed by atoms with van der Waals surface area (Å²) >= 11 is 0. The fraction of sp³-hybridized carbons (Fsp3) is 0.123. The molecule has 0 heterocycles. The van der Waals surface area contributed by atoms with Crippen molar-refractivity contribution in [3.05, 3.63) is 262 Å². The molecule has 1 nitrogen and oxygen atoms in total. The monoisotopic (exact) mass is 743 g/mol. The first-order valence-corrected chi connectivity index (χ1v) is 20.9. The van der Waals surface area contributed by atoms with Crippen LogP contribution in [0.4, 0.5) is 17.1 Å². The van der Waals surface area contributed by atoms with E-state index in [-0.39, 0.29) is 0 Å². The lowest BCUT2D eigenvalue weighted by Gasteiger charge is -2.51. The highest BCUT2D eigenvalue weighted by molar-refractivity contribution is 5.94. The normalized spacial score (nSPS) is 19.9. The average molecular weight is 744 g/mol. The van der Waals surface area contributed by atoms with Crippen LogP contribution in [0.25, 0.3) is 16.7 Å². The van der Waals surface area contributed by atoms with Crippen LogP contribution in [0.2, 0.25) is 0 Å². The molecule has 0 N–H and O–H groups in total. The van der Waals surface area contributed by atoms with Gasteiger partial charge in [-0.05, 0) is 130 Å². The van der Waals surface area contributed by atoms with Crippen LogP contribution < -0.4 is 4.90 Å². The molecule has 0 aliphatic heterocycles. The van der Waals surface area contributed by atoms with Gasteiger partial charge in [-0.15, -0.1) is 0 Å². The minimum Gasteiger partial charge on any atom is -0.310 e. The van der Waals surface area contributed by atoms with Crippen LogP contribution in [-0.4, -0.2) is 0 Å². The van der Waals surface area contributed by atoms with E-state index in [2.05, 4.69) is 218 Å². The molecule has 1 heteroatoms. The molecule has 7 aromatic rings. The summed E-state index contributed by atoms with van der Waals surface area (Å²) in [5.74, 6) is 0. The first kappa shape index (κ1) is 34.5. The van der Waals surface area contributed by atoms with Crippen molar-refractivity contribution in [2.24, 2.45) is 0 Å². The van der Waals surface area contributed by atoms with Crippen LogP contribution in [0.3, 0.4) is 0 Å². The van der Waals surface area contributed by atoms with Crippen LogP contribution in [0.5, 0.6) is 0 Å². The van der Waals surface area contributed by atoms with Gasteiger partial charge in [0, 0.05) is 17.1 Å². The van der Waals surface area contributed by atoms with Gasteiger partial charge in [-0.3, -0.25) is 0 Å². The maximum atomic E-state index is 2.54. The Balaban J connectivity index is 1.19. The van der Waals surface area contributed by atoms with Crippen LogP contribution in [-0.2, 0) is 10.8 Å². The van der Waals surface area contributed by atoms with Crippen molar-refractivity contribution in [3.63, 3.8) is 0 Å². The average Bonchev–Trinajstić information content (AvgIpc) is 3.59. The van der Waals surface area contributed by atoms with E-state index >= 15 is 0 Å². The molecule has 0 aromatic heterocycles. The summed E-state index contributed by atoms with van der Waals surface area (Å²) in [6.07, 6.45) is 15.9. The highest BCUT2D eigenvalue weighted by atomic mass is 15.1. The van der Waals surface area contributed by atoms with Crippen molar-refractivity contribution >= 4 is 22.6 Å². The quantitative estimate of drug-likeness (QED) is 0.164. The lowest BCUT2D eigenvalue weighted by atomic mass is 9.50. The Morgan fingerprint density at radius 1 is 0.466 bits per heavy atom. The number of nitrogens with zero attached hydrogens (tertiary/aromatic N) is 1. The van der Waals surface area contributed by atoms with Gasteiger partial charge in [0.25, 0.3) is 0 Å². The number of benzene rings is 7. The Morgan fingerprint density at radius 2 is 1.02 bits per heavy atom. The summed E-state index contributed by atoms with van der Waals surface area (Å²) < 4.78 is 0. The van der Waals surface area contributed by atoms with Crippen molar-refractivity contribution in [3.8, 4) is 11.1 Å². The van der Waals surface area contributed by atoms with E-state index < -0.39 is 10.8 Å². The van der Waals surface area contributed by atoms with Gasteiger partial charge in [0.05, 0.1) is 10.8 Å². The van der Waals surface area contributed by atoms with Crippen LogP contribution in [0.15, 0.2) is 217 Å². The summed E-state index contributed by atoms with van der Waals surface area (Å²) in [5.41, 5.74) is 20.3. The molecule has 1 spiro atoms. The van der Waals surface area contributed by atoms with E-state index in [1.165, 1.54) is 72.4 Å². The van der Waals surface area contributed by atoms with Crippen molar-refractivity contribution in [1.29, 1.82) is 0 Å². The molecular formula is C57H45N. The molecule has 4 aliphatic rings. The second-order valence-corrected chi connectivity index (χ2v) is 16.3. The number of hydrogen-bond acceptors (Lipinski definition) is 1. The van der Waals surface area contributed by atoms with Gasteiger partial charge in [0.2, 0.25) is 0 Å². The molecule has 278 valence electrons. The van der Waals surface area contributed by atoms with Gasteiger partial charge in [0.15, 0.2) is 0 Å². The maximum absolute atomic E-state index is 2.54. The third kappa shape index (κ3) is 5.02. The molecule has 0 amide bonds. The van der Waals surface area contributed by atoms with Crippen LogP contribution in [0.1, 0.15) is 70.2 Å². The molecule has 58 heavy (non-hydrogen) atoms. The van der Waals surface area contributed by atoms with Crippen molar-refractivity contribution in [2.45, 2.75) is 43.4 Å². The predicted molar refractivity (Wildman–Crippen MR) is 242 cm³/mol. The van der Waals surface area contributed by atoms with Gasteiger partial charge in [-0.2, -0.15) is 0 Å². The summed E-state index contributed by atoms with van der Waals surface area (Å²) in [7, 11) is 0. The topological polar surface area (TPSA) is 3.24 Å². The standard InChI is InChI=1S/C57H45N/c1-40-29-33-45(34-30-40)58(46-35-31-42(32-36-46)41-17-5-2-6-18-41)47-37-38-49-48-23-11-12-24-50(48)57(55(49)39-47)53-27-15-13-25-51(53)56(43-19-7-3-8-20-43,44-21-9-4-10-22-44)52-26-14-16-28-54(52)57/h2-9,11,13-21,23,25-39H,10,12,22,24H2,1H3.